The van der Waals surface area contributed by atoms with Gasteiger partial charge >= 0.3 is 28.2 Å². The van der Waals surface area contributed by atoms with Crippen LogP contribution in [0.15, 0.2) is 0 Å². The summed E-state index contributed by atoms with van der Waals surface area (Å²) in [4.78, 5) is 54.3. The molecule has 0 rings (SSSR count). The van der Waals surface area contributed by atoms with Gasteiger partial charge in [0.2, 0.25) is 23.6 Å². The predicted octanol–water partition coefficient (Wildman–Crippen LogP) is -8.22. The largest absolute Gasteiger partial charge is 0.436 e. The van der Waals surface area contributed by atoms with E-state index in [0.717, 1.165) is 0 Å². The second kappa shape index (κ2) is 23.2. The van der Waals surface area contributed by atoms with E-state index in [2.05, 4.69) is 43.1 Å². The second-order valence-corrected chi connectivity index (χ2v) is 9.53. The van der Waals surface area contributed by atoms with Crippen LogP contribution >= 0.6 is 0 Å². The monoisotopic (exact) mass is 602 g/mol. The van der Waals surface area contributed by atoms with Crippen LogP contribution in [-0.4, -0.2) is 152 Å². The zero-order chi connectivity index (χ0) is 32.1. The van der Waals surface area contributed by atoms with Gasteiger partial charge in [-0.05, 0) is 27.3 Å². The molecule has 0 spiro atoms. The molecule has 14 N–H and O–H groups in total. The van der Waals surface area contributed by atoms with Crippen molar-refractivity contribution in [3.63, 3.8) is 0 Å². The number of hydrogen-bond donors (Lipinski definition) is 13. The van der Waals surface area contributed by atoms with Crippen LogP contribution in [0.3, 0.4) is 0 Å². The van der Waals surface area contributed by atoms with Crippen LogP contribution in [0.5, 0.6) is 0 Å². The van der Waals surface area contributed by atoms with Gasteiger partial charge in [-0.3, -0.25) is 55.6 Å². The number of amides is 4. The van der Waals surface area contributed by atoms with Gasteiger partial charge in [-0.2, -0.15) is 0 Å². The molecule has 24 heteroatoms. The Balaban J connectivity index is 5.35. The van der Waals surface area contributed by atoms with E-state index < -0.39 is 51.8 Å². The Morgan fingerprint density at radius 2 is 0.738 bits per heavy atom. The normalized spacial score (nSPS) is 11.0. The Morgan fingerprint density at radius 3 is 0.952 bits per heavy atom. The van der Waals surface area contributed by atoms with Gasteiger partial charge in [-0.1, -0.05) is 0 Å². The summed E-state index contributed by atoms with van der Waals surface area (Å²) in [6, 6.07) is 0. The fraction of sp³-hybridized carbons (Fsp3) is 0.778. The molecule has 238 valence electrons. The molecular formula is C18H46B4N12O8. The lowest BCUT2D eigenvalue weighted by molar-refractivity contribution is -0.127. The second-order valence-electron chi connectivity index (χ2n) is 9.53. The van der Waals surface area contributed by atoms with Crippen molar-refractivity contribution >= 4 is 51.8 Å². The minimum absolute atomic E-state index is 0.197. The third-order valence-corrected chi connectivity index (χ3v) is 5.06. The van der Waals surface area contributed by atoms with Crippen molar-refractivity contribution in [2.45, 2.75) is 27.3 Å². The molecule has 0 aliphatic carbocycles. The highest BCUT2D eigenvalue weighted by atomic mass is 16.2. The fourth-order valence-electron chi connectivity index (χ4n) is 3.22. The summed E-state index contributed by atoms with van der Waals surface area (Å²) in [7, 11) is -3.95. The fourth-order valence-corrected chi connectivity index (χ4v) is 3.22. The van der Waals surface area contributed by atoms with Crippen LogP contribution in [0.2, 0.25) is 27.3 Å². The van der Waals surface area contributed by atoms with Gasteiger partial charge in [0.25, 0.3) is 0 Å². The van der Waals surface area contributed by atoms with E-state index in [9.17, 15) is 39.3 Å². The summed E-state index contributed by atoms with van der Waals surface area (Å²) < 4.78 is 0. The van der Waals surface area contributed by atoms with Gasteiger partial charge in [0.15, 0.2) is 0 Å². The minimum atomic E-state index is -0.987. The average Bonchev–Trinajstić information content (AvgIpc) is 2.89. The zero-order valence-electron chi connectivity index (χ0n) is 24.7. The highest BCUT2D eigenvalue weighted by molar-refractivity contribution is 6.46. The van der Waals surface area contributed by atoms with Gasteiger partial charge in [0, 0.05) is 39.3 Å². The molecule has 0 atom stereocenters. The molecule has 0 saturated heterocycles. The molecule has 0 aliphatic heterocycles. The average molecular weight is 602 g/mol. The first-order valence-electron chi connectivity index (χ1n) is 13.5. The molecule has 0 aromatic carbocycles. The molecule has 0 radical (unpaired) electrons. The van der Waals surface area contributed by atoms with Crippen LogP contribution in [-0.2, 0) is 19.2 Å². The predicted molar refractivity (Wildman–Crippen MR) is 159 cm³/mol. The van der Waals surface area contributed by atoms with Crippen LogP contribution in [0, 0.1) is 0 Å². The number of hydrogen-bond acceptors (Lipinski definition) is 16. The van der Waals surface area contributed by atoms with E-state index in [0.29, 0.717) is 19.6 Å². The summed E-state index contributed by atoms with van der Waals surface area (Å²) in [6.45, 7) is 6.78. The number of rotatable bonds is 24. The Morgan fingerprint density at radius 1 is 0.500 bits per heavy atom. The molecule has 0 aliphatic rings. The van der Waals surface area contributed by atoms with Gasteiger partial charge in [0.05, 0.1) is 26.2 Å². The Bertz CT molecular complexity index is 694. The molecule has 0 aromatic heterocycles. The number of hydrazine groups is 4. The van der Waals surface area contributed by atoms with Crippen LogP contribution < -0.4 is 48.8 Å². The summed E-state index contributed by atoms with van der Waals surface area (Å²) >= 11 is 0. The highest BCUT2D eigenvalue weighted by Gasteiger charge is 2.20. The Hall–Kier alpha value is -2.34. The van der Waals surface area contributed by atoms with Crippen molar-refractivity contribution < 1.29 is 39.3 Å². The lowest BCUT2D eigenvalue weighted by Gasteiger charge is -2.29. The molecule has 4 amide bonds. The Labute approximate surface area is 247 Å². The highest BCUT2D eigenvalue weighted by Crippen LogP contribution is 1.97. The molecular weight excluding hydrogens is 556 g/mol. The SMILES string of the molecule is CB(O)NNC(=O)CN(CCN(CCN)CCN(CC(=O)NNB(C)O)CC(=O)NNB(C)O)CC(=O)NNB(C)O. The topological polar surface area (TPSA) is 281 Å². The van der Waals surface area contributed by atoms with E-state index in [-0.39, 0.29) is 45.8 Å². The number of nitrogens with two attached hydrogens (primary N) is 1. The number of nitrogens with zero attached hydrogens (tertiary/aromatic N) is 3. The first-order chi connectivity index (χ1) is 19.7. The molecule has 0 aromatic rings. The van der Waals surface area contributed by atoms with Crippen molar-refractivity contribution in [2.24, 2.45) is 5.73 Å². The smallest absolute Gasteiger partial charge is 0.392 e. The lowest BCUT2D eigenvalue weighted by atomic mass is 9.91. The van der Waals surface area contributed by atoms with E-state index in [1.165, 1.54) is 27.3 Å². The van der Waals surface area contributed by atoms with E-state index in [4.69, 9.17) is 5.73 Å². The van der Waals surface area contributed by atoms with Crippen molar-refractivity contribution in [1.29, 1.82) is 0 Å². The summed E-state index contributed by atoms with van der Waals surface area (Å²) in [5, 5.41) is 46.8. The third kappa shape index (κ3) is 23.2. The third-order valence-electron chi connectivity index (χ3n) is 5.06. The molecule has 42 heavy (non-hydrogen) atoms. The van der Waals surface area contributed by atoms with Crippen molar-refractivity contribution in [3.8, 4) is 0 Å². The standard InChI is InChI=1S/C18H46B4N12O8/c1-19(39)28-24-15(35)11-33(12-16(36)25-29-20(2)40)9-7-32(6-5-23)8-10-34(13-17(37)26-30-21(3)41)14-18(38)27-31-22(4)42/h28-31,39-42H,5-14,23H2,1-4H3,(H,24,35)(H,25,36)(H,26,37)(H,27,38). The molecule has 0 saturated carbocycles. The summed E-state index contributed by atoms with van der Waals surface area (Å²) in [5.74, 6) is -2.01. The summed E-state index contributed by atoms with van der Waals surface area (Å²) in [6.07, 6.45) is 0. The van der Waals surface area contributed by atoms with E-state index in [1.54, 1.807) is 9.80 Å². The van der Waals surface area contributed by atoms with Gasteiger partial charge in [0.1, 0.15) is 0 Å². The maximum absolute atomic E-state index is 12.3. The molecule has 0 unspecified atom stereocenters. The number of nitrogens with one attached hydrogen (secondary N) is 8. The molecule has 0 heterocycles. The van der Waals surface area contributed by atoms with E-state index in [1.807, 2.05) is 4.90 Å². The van der Waals surface area contributed by atoms with Crippen molar-refractivity contribution in [2.75, 3.05) is 65.4 Å². The lowest BCUT2D eigenvalue weighted by Crippen LogP contribution is -2.54. The van der Waals surface area contributed by atoms with Crippen LogP contribution in [0.1, 0.15) is 0 Å². The van der Waals surface area contributed by atoms with Gasteiger partial charge in [-0.15, -0.1) is 0 Å². The molecule has 0 bridgehead atoms. The van der Waals surface area contributed by atoms with Crippen LogP contribution in [0.4, 0.5) is 0 Å². The number of carbonyl (C=O) groups is 4. The van der Waals surface area contributed by atoms with E-state index >= 15 is 0 Å². The van der Waals surface area contributed by atoms with Gasteiger partial charge in [-0.25, -0.2) is 21.3 Å². The maximum atomic E-state index is 12.3. The molecule has 20 nitrogen and oxygen atoms in total. The van der Waals surface area contributed by atoms with Crippen LogP contribution in [0.25, 0.3) is 0 Å². The zero-order valence-corrected chi connectivity index (χ0v) is 24.7. The Kier molecular flexibility index (Phi) is 21.9. The molecule has 0 fully saturated rings. The van der Waals surface area contributed by atoms with Gasteiger partial charge < -0.3 is 25.8 Å². The first-order valence-corrected chi connectivity index (χ1v) is 13.5. The summed E-state index contributed by atoms with van der Waals surface area (Å²) in [5.41, 5.74) is 15.1. The first kappa shape index (κ1) is 39.7. The quantitative estimate of drug-likeness (QED) is 0.0361. The van der Waals surface area contributed by atoms with Crippen molar-refractivity contribution in [1.82, 2.24) is 57.8 Å². The minimum Gasteiger partial charge on any atom is -0.436 e. The van der Waals surface area contributed by atoms with Crippen molar-refractivity contribution in [3.05, 3.63) is 0 Å². The number of carbonyl (C=O) groups excluding carboxylic acids is 4. The maximum Gasteiger partial charge on any atom is 0.392 e.